The number of alkyl halides is 1. The molecule has 0 radical (unpaired) electrons. The molecule has 52 valence electrons. The van der Waals surface area contributed by atoms with Gasteiger partial charge in [0, 0.05) is 0 Å². The van der Waals surface area contributed by atoms with Gasteiger partial charge in [-0.1, -0.05) is 0 Å². The van der Waals surface area contributed by atoms with Crippen LogP contribution in [0, 0.1) is 10.1 Å². The van der Waals surface area contributed by atoms with E-state index >= 15 is 0 Å². The fourth-order valence-electron chi connectivity index (χ4n) is 0.559. The zero-order chi connectivity index (χ0) is 6.85. The van der Waals surface area contributed by atoms with Crippen molar-refractivity contribution in [3.05, 3.63) is 20.3 Å². The van der Waals surface area contributed by atoms with E-state index in [1.807, 2.05) is 0 Å². The van der Waals surface area contributed by atoms with Gasteiger partial charge in [-0.05, 0) is 0 Å². The van der Waals surface area contributed by atoms with Crippen molar-refractivity contribution in [2.75, 3.05) is 4.43 Å². The fraction of sp³-hybridized carbons (Fsp3) is 0.500. The topological polar surface area (TPSA) is 63.4 Å². The van der Waals surface area contributed by atoms with E-state index < -0.39 is 26.3 Å². The number of halogens is 1. The van der Waals surface area contributed by atoms with Crippen molar-refractivity contribution < 1.29 is 8.36 Å². The van der Waals surface area contributed by atoms with Gasteiger partial charge in [-0.15, -0.1) is 0 Å². The van der Waals surface area contributed by atoms with Gasteiger partial charge in [0.2, 0.25) is 0 Å². The molecule has 9 heavy (non-hydrogen) atoms. The Morgan fingerprint density at radius 2 is 2.56 bits per heavy atom. The van der Waals surface area contributed by atoms with E-state index in [0.29, 0.717) is 4.43 Å². The van der Waals surface area contributed by atoms with Gasteiger partial charge in [0.15, 0.2) is 0 Å². The van der Waals surface area contributed by atoms with E-state index in [9.17, 15) is 10.1 Å². The molecule has 1 aliphatic heterocycles. The second-order valence-electron chi connectivity index (χ2n) is 1.70. The van der Waals surface area contributed by atoms with Crippen LogP contribution >= 0.6 is 20.2 Å². The second-order valence-corrected chi connectivity index (χ2v) is 5.42. The van der Waals surface area contributed by atoms with Crippen molar-refractivity contribution in [3.8, 4) is 0 Å². The summed E-state index contributed by atoms with van der Waals surface area (Å²) in [5.74, 6) is 0. The Balaban J connectivity index is 2.50. The van der Waals surface area contributed by atoms with Crippen molar-refractivity contribution >= 4 is 20.2 Å². The van der Waals surface area contributed by atoms with Gasteiger partial charge in [0.05, 0.1) is 0 Å². The fourth-order valence-corrected chi connectivity index (χ4v) is 3.35. The summed E-state index contributed by atoms with van der Waals surface area (Å²) < 4.78 is 10.9. The molecule has 1 heterocycles. The third kappa shape index (κ3) is 1.62. The summed E-state index contributed by atoms with van der Waals surface area (Å²) >= 11 is -1.94. The standard InChI is InChI=1S/C4H6INO3/c7-5-2-1-4(3-5)6(8)9/h1-2,4,7H,3H2. The summed E-state index contributed by atoms with van der Waals surface area (Å²) in [6.45, 7) is 0. The Hall–Kier alpha value is -0.170. The van der Waals surface area contributed by atoms with Gasteiger partial charge in [-0.3, -0.25) is 0 Å². The van der Waals surface area contributed by atoms with Crippen molar-refractivity contribution in [2.45, 2.75) is 6.04 Å². The molecule has 1 rings (SSSR count). The maximum absolute atomic E-state index is 10.0. The summed E-state index contributed by atoms with van der Waals surface area (Å²) in [5, 5.41) is 10.0. The average molecular weight is 243 g/mol. The predicted molar refractivity (Wildman–Crippen MR) is 41.0 cm³/mol. The number of nitrogens with zero attached hydrogens (tertiary/aromatic N) is 1. The minimum absolute atomic E-state index is 0.357. The summed E-state index contributed by atoms with van der Waals surface area (Å²) in [6, 6.07) is -0.597. The molecular formula is C4H6INO3. The van der Waals surface area contributed by atoms with Crippen LogP contribution in [0.2, 0.25) is 0 Å². The number of rotatable bonds is 1. The molecule has 0 aromatic heterocycles. The van der Waals surface area contributed by atoms with Crippen LogP contribution in [0.1, 0.15) is 0 Å². The Morgan fingerprint density at radius 1 is 1.89 bits per heavy atom. The molecule has 0 saturated heterocycles. The Kier molecular flexibility index (Phi) is 2.01. The zero-order valence-electron chi connectivity index (χ0n) is 4.53. The predicted octanol–water partition coefficient (Wildman–Crippen LogP) is 0.573. The van der Waals surface area contributed by atoms with Gasteiger partial charge in [-0.2, -0.15) is 0 Å². The van der Waals surface area contributed by atoms with Crippen molar-refractivity contribution in [2.24, 2.45) is 0 Å². The molecule has 0 aromatic carbocycles. The molecule has 0 fully saturated rings. The summed E-state index contributed by atoms with van der Waals surface area (Å²) in [4.78, 5) is 9.66. The number of hydrogen-bond acceptors (Lipinski definition) is 3. The molecular weight excluding hydrogens is 237 g/mol. The minimum atomic E-state index is -1.94. The molecule has 0 aliphatic carbocycles. The number of nitro groups is 1. The molecule has 0 bridgehead atoms. The summed E-state index contributed by atoms with van der Waals surface area (Å²) in [5.41, 5.74) is 0. The SMILES string of the molecule is O=[N+]([O-])C1C=CI(O)C1. The molecule has 4 nitrogen and oxygen atoms in total. The average Bonchev–Trinajstić information content (AvgIpc) is 2.14. The maximum atomic E-state index is 10.0. The van der Waals surface area contributed by atoms with Gasteiger partial charge < -0.3 is 0 Å². The molecule has 0 amide bonds. The monoisotopic (exact) mass is 243 g/mol. The normalized spacial score (nSPS) is 29.0. The first kappa shape index (κ1) is 6.94. The van der Waals surface area contributed by atoms with E-state index in [4.69, 9.17) is 3.44 Å². The molecule has 5 heteroatoms. The van der Waals surface area contributed by atoms with E-state index in [-0.39, 0.29) is 4.92 Å². The van der Waals surface area contributed by atoms with Crippen LogP contribution in [0.4, 0.5) is 0 Å². The molecule has 1 N–H and O–H groups in total. The van der Waals surface area contributed by atoms with Crippen LogP contribution in [-0.2, 0) is 0 Å². The summed E-state index contributed by atoms with van der Waals surface area (Å²) in [7, 11) is 0. The first-order valence-corrected chi connectivity index (χ1v) is 6.09. The van der Waals surface area contributed by atoms with Crippen LogP contribution in [0.25, 0.3) is 0 Å². The number of hydrogen-bond donors (Lipinski definition) is 1. The van der Waals surface area contributed by atoms with E-state index in [1.165, 1.54) is 6.08 Å². The molecule has 0 aromatic rings. The molecule has 1 aliphatic rings. The third-order valence-electron chi connectivity index (χ3n) is 1.03. The van der Waals surface area contributed by atoms with Gasteiger partial charge >= 0.3 is 59.3 Å². The van der Waals surface area contributed by atoms with Crippen LogP contribution in [0.3, 0.4) is 0 Å². The van der Waals surface area contributed by atoms with Gasteiger partial charge in [-0.25, -0.2) is 0 Å². The quantitative estimate of drug-likeness (QED) is 0.317. The first-order chi connectivity index (χ1) is 4.20. The molecule has 0 spiro atoms. The van der Waals surface area contributed by atoms with Crippen LogP contribution in [0.5, 0.6) is 0 Å². The third-order valence-corrected chi connectivity index (χ3v) is 4.08. The van der Waals surface area contributed by atoms with Crippen LogP contribution < -0.4 is 0 Å². The summed E-state index contributed by atoms with van der Waals surface area (Å²) in [6.07, 6.45) is 1.49. The Bertz CT molecular complexity index is 158. The van der Waals surface area contributed by atoms with E-state index in [2.05, 4.69) is 0 Å². The van der Waals surface area contributed by atoms with Gasteiger partial charge in [0.1, 0.15) is 0 Å². The Labute approximate surface area is 59.6 Å². The van der Waals surface area contributed by atoms with Crippen LogP contribution in [-0.4, -0.2) is 18.8 Å². The molecule has 1 atom stereocenters. The zero-order valence-corrected chi connectivity index (χ0v) is 6.69. The van der Waals surface area contributed by atoms with Crippen molar-refractivity contribution in [1.29, 1.82) is 0 Å². The van der Waals surface area contributed by atoms with Gasteiger partial charge in [0.25, 0.3) is 0 Å². The molecule has 0 saturated carbocycles. The Morgan fingerprint density at radius 3 is 2.78 bits per heavy atom. The molecule has 1 unspecified atom stereocenters. The second kappa shape index (κ2) is 2.61. The van der Waals surface area contributed by atoms with Crippen molar-refractivity contribution in [1.82, 2.24) is 0 Å². The van der Waals surface area contributed by atoms with Crippen molar-refractivity contribution in [3.63, 3.8) is 0 Å². The van der Waals surface area contributed by atoms with E-state index in [0.717, 1.165) is 0 Å². The first-order valence-electron chi connectivity index (χ1n) is 2.35. The van der Waals surface area contributed by atoms with Crippen LogP contribution in [0.15, 0.2) is 10.2 Å². The van der Waals surface area contributed by atoms with E-state index in [1.54, 1.807) is 4.08 Å².